The molecule has 0 fully saturated rings. The van der Waals surface area contributed by atoms with Crippen LogP contribution in [-0.4, -0.2) is 18.5 Å². The number of nitrogen functional groups attached to an aromatic ring is 1. The zero-order chi connectivity index (χ0) is 16.7. The van der Waals surface area contributed by atoms with Gasteiger partial charge in [-0.05, 0) is 0 Å². The molecule has 0 saturated carbocycles. The van der Waals surface area contributed by atoms with Gasteiger partial charge in [-0.1, -0.05) is 0 Å². The molecule has 0 bridgehead atoms. The Bertz CT molecular complexity index is 525. The minimum absolute atomic E-state index is 1.76. The Balaban J connectivity index is 3.32. The highest BCUT2D eigenvalue weighted by Gasteiger charge is 2.60. The van der Waals surface area contributed by atoms with Crippen molar-refractivity contribution in [1.29, 1.82) is 0 Å². The second-order valence-corrected chi connectivity index (χ2v) is 3.57. The first-order chi connectivity index (χ1) is 9.30. The number of rotatable bonds is 3. The van der Waals surface area contributed by atoms with Crippen molar-refractivity contribution in [1.82, 2.24) is 0 Å². The van der Waals surface area contributed by atoms with Gasteiger partial charge < -0.3 is 10.5 Å². The first-order valence-corrected chi connectivity index (χ1v) is 4.69. The minimum atomic E-state index is -6.15. The van der Waals surface area contributed by atoms with Crippen molar-refractivity contribution in [2.45, 2.75) is 18.5 Å². The third-order valence-corrected chi connectivity index (χ3v) is 2.08. The molecule has 0 aliphatic heterocycles. The quantitative estimate of drug-likeness (QED) is 0.521. The van der Waals surface area contributed by atoms with E-state index >= 15 is 0 Å². The van der Waals surface area contributed by atoms with Gasteiger partial charge in [0, 0.05) is 0 Å². The molecule has 0 amide bonds. The van der Waals surface area contributed by atoms with Crippen LogP contribution in [0.1, 0.15) is 0 Å². The summed E-state index contributed by atoms with van der Waals surface area (Å²) in [5.74, 6) is -12.6. The number of hydrogen-bond donors (Lipinski definition) is 1. The maximum atomic E-state index is 13.1. The van der Waals surface area contributed by atoms with E-state index in [1.807, 2.05) is 0 Å². The van der Waals surface area contributed by atoms with E-state index in [1.165, 1.54) is 0 Å². The van der Waals surface area contributed by atoms with Crippen molar-refractivity contribution in [2.24, 2.45) is 0 Å². The van der Waals surface area contributed by atoms with Crippen LogP contribution < -0.4 is 10.5 Å². The smallest absolute Gasteiger partial charge is 0.424 e. The third-order valence-electron chi connectivity index (χ3n) is 2.08. The average Bonchev–Trinajstić information content (AvgIpc) is 2.37. The number of nitrogens with two attached hydrogens (primary N) is 1. The second kappa shape index (κ2) is 5.15. The number of ether oxygens (including phenoxy) is 1. The first-order valence-electron chi connectivity index (χ1n) is 4.69. The Hall–Kier alpha value is -1.88. The summed E-state index contributed by atoms with van der Waals surface area (Å²) in [4.78, 5) is 0. The molecule has 120 valence electrons. The van der Waals surface area contributed by atoms with E-state index in [2.05, 4.69) is 10.5 Å². The lowest BCUT2D eigenvalue weighted by Crippen LogP contribution is -2.46. The van der Waals surface area contributed by atoms with Crippen LogP contribution >= 0.6 is 0 Å². The molecule has 21 heavy (non-hydrogen) atoms. The van der Waals surface area contributed by atoms with Crippen molar-refractivity contribution in [3.8, 4) is 5.75 Å². The summed E-state index contributed by atoms with van der Waals surface area (Å²) in [6.45, 7) is 0. The lowest BCUT2D eigenvalue weighted by Gasteiger charge is -2.23. The highest BCUT2D eigenvalue weighted by Crippen LogP contribution is 2.39. The van der Waals surface area contributed by atoms with Crippen LogP contribution in [0.4, 0.5) is 49.6 Å². The van der Waals surface area contributed by atoms with Crippen LogP contribution in [0.3, 0.4) is 0 Å². The van der Waals surface area contributed by atoms with E-state index in [0.29, 0.717) is 0 Å². The van der Waals surface area contributed by atoms with E-state index in [1.54, 1.807) is 0 Å². The van der Waals surface area contributed by atoms with E-state index in [4.69, 9.17) is 0 Å². The van der Waals surface area contributed by atoms with Gasteiger partial charge in [-0.3, -0.25) is 0 Å². The average molecular weight is 331 g/mol. The zero-order valence-corrected chi connectivity index (χ0v) is 9.34. The Kier molecular flexibility index (Phi) is 4.21. The first kappa shape index (κ1) is 17.2. The fourth-order valence-electron chi connectivity index (χ4n) is 1.10. The van der Waals surface area contributed by atoms with Gasteiger partial charge in [0.1, 0.15) is 5.69 Å². The minimum Gasteiger partial charge on any atom is -0.424 e. The molecule has 0 saturated heterocycles. The van der Waals surface area contributed by atoms with Crippen molar-refractivity contribution < 1.29 is 48.6 Å². The molecule has 12 heteroatoms. The van der Waals surface area contributed by atoms with Crippen molar-refractivity contribution in [3.63, 3.8) is 0 Å². The lowest BCUT2D eigenvalue weighted by molar-refractivity contribution is -0.306. The molecular formula is C9H3F10NO. The Morgan fingerprint density at radius 1 is 0.810 bits per heavy atom. The van der Waals surface area contributed by atoms with Gasteiger partial charge in [-0.25, -0.2) is 13.2 Å². The monoisotopic (exact) mass is 331 g/mol. The Morgan fingerprint density at radius 3 is 1.52 bits per heavy atom. The van der Waals surface area contributed by atoms with Crippen molar-refractivity contribution in [3.05, 3.63) is 23.3 Å². The van der Waals surface area contributed by atoms with Gasteiger partial charge in [-0.15, -0.1) is 0 Å². The summed E-state index contributed by atoms with van der Waals surface area (Å²) in [6, 6.07) is 0. The van der Waals surface area contributed by atoms with Crippen molar-refractivity contribution >= 4 is 5.69 Å². The second-order valence-electron chi connectivity index (χ2n) is 3.57. The SMILES string of the molecule is Nc1c(F)c(F)c(OC(F)(F)C(F)C(F)(F)F)c(F)c1F. The molecule has 0 spiro atoms. The fraction of sp³-hybridized carbons (Fsp3) is 0.333. The summed E-state index contributed by atoms with van der Waals surface area (Å²) in [7, 11) is 0. The van der Waals surface area contributed by atoms with Crippen molar-refractivity contribution in [2.75, 3.05) is 5.73 Å². The summed E-state index contributed by atoms with van der Waals surface area (Å²) < 4.78 is 128. The number of halogens is 10. The van der Waals surface area contributed by atoms with E-state index in [-0.39, 0.29) is 0 Å². The molecule has 1 aromatic rings. The van der Waals surface area contributed by atoms with Gasteiger partial charge in [0.05, 0.1) is 0 Å². The normalized spacial score (nSPS) is 14.2. The highest BCUT2D eigenvalue weighted by atomic mass is 19.4. The van der Waals surface area contributed by atoms with Crippen LogP contribution in [0.5, 0.6) is 5.75 Å². The molecule has 2 nitrogen and oxygen atoms in total. The van der Waals surface area contributed by atoms with Gasteiger partial charge in [0.25, 0.3) is 6.17 Å². The van der Waals surface area contributed by atoms with Gasteiger partial charge in [0.2, 0.25) is 17.4 Å². The molecule has 1 unspecified atom stereocenters. The number of alkyl halides is 6. The predicted octanol–water partition coefficient (Wildman–Crippen LogP) is 3.70. The summed E-state index contributed by atoms with van der Waals surface area (Å²) in [6.07, 6.45) is -17.0. The summed E-state index contributed by atoms with van der Waals surface area (Å²) in [5, 5.41) is 0. The highest BCUT2D eigenvalue weighted by molar-refractivity contribution is 5.47. The van der Waals surface area contributed by atoms with E-state index < -0.39 is 53.2 Å². The van der Waals surface area contributed by atoms with Crippen LogP contribution in [0, 0.1) is 23.3 Å². The predicted molar refractivity (Wildman–Crippen MR) is 47.2 cm³/mol. The maximum absolute atomic E-state index is 13.1. The molecule has 1 atom stereocenters. The van der Waals surface area contributed by atoms with E-state index in [0.717, 1.165) is 0 Å². The van der Waals surface area contributed by atoms with E-state index in [9.17, 15) is 43.9 Å². The molecule has 0 aromatic heterocycles. The molecule has 0 heterocycles. The molecule has 0 radical (unpaired) electrons. The molecule has 0 aliphatic rings. The number of anilines is 1. The summed E-state index contributed by atoms with van der Waals surface area (Å²) >= 11 is 0. The lowest BCUT2D eigenvalue weighted by atomic mass is 10.2. The number of benzene rings is 1. The van der Waals surface area contributed by atoms with Crippen LogP contribution in [0.15, 0.2) is 0 Å². The number of hydrogen-bond acceptors (Lipinski definition) is 2. The maximum Gasteiger partial charge on any atom is 0.439 e. The molecule has 1 rings (SSSR count). The Labute approximate surface area is 109 Å². The van der Waals surface area contributed by atoms with Gasteiger partial charge >= 0.3 is 12.3 Å². The summed E-state index contributed by atoms with van der Waals surface area (Å²) in [5.41, 5.74) is 2.76. The van der Waals surface area contributed by atoms with Crippen LogP contribution in [0.25, 0.3) is 0 Å². The standard InChI is InChI=1S/C9H3F10NO/c10-1-3(12)6(4(13)2(11)5(1)20)21-9(18,19)7(14)8(15,16)17/h7H,20H2. The zero-order valence-electron chi connectivity index (χ0n) is 9.34. The van der Waals surface area contributed by atoms with Gasteiger partial charge in [0.15, 0.2) is 11.6 Å². The largest absolute Gasteiger partial charge is 0.439 e. The topological polar surface area (TPSA) is 35.2 Å². The Morgan fingerprint density at radius 2 is 1.19 bits per heavy atom. The molecule has 0 aliphatic carbocycles. The van der Waals surface area contributed by atoms with Crippen LogP contribution in [0.2, 0.25) is 0 Å². The fourth-order valence-corrected chi connectivity index (χ4v) is 1.10. The van der Waals surface area contributed by atoms with Crippen LogP contribution in [-0.2, 0) is 0 Å². The molecule has 2 N–H and O–H groups in total. The van der Waals surface area contributed by atoms with Gasteiger partial charge in [-0.2, -0.15) is 30.7 Å². The molecule has 1 aromatic carbocycles. The third kappa shape index (κ3) is 3.08. The molecular weight excluding hydrogens is 328 g/mol.